The summed E-state index contributed by atoms with van der Waals surface area (Å²) in [5.74, 6) is 0.145. The fraction of sp³-hybridized carbons (Fsp3) is 0.267. The zero-order valence-electron chi connectivity index (χ0n) is 12.0. The van der Waals surface area contributed by atoms with Gasteiger partial charge in [0.1, 0.15) is 11.6 Å². The predicted molar refractivity (Wildman–Crippen MR) is 81.4 cm³/mol. The minimum atomic E-state index is -1.13. The summed E-state index contributed by atoms with van der Waals surface area (Å²) in [6.07, 6.45) is 3.35. The molecule has 0 saturated heterocycles. The van der Waals surface area contributed by atoms with E-state index in [0.717, 1.165) is 4.90 Å². The first-order chi connectivity index (χ1) is 10.0. The van der Waals surface area contributed by atoms with Crippen LogP contribution in [0.1, 0.15) is 36.1 Å². The smallest absolute Gasteiger partial charge is 0.358 e. The molecule has 0 fully saturated rings. The van der Waals surface area contributed by atoms with Crippen LogP contribution in [-0.2, 0) is 0 Å². The van der Waals surface area contributed by atoms with E-state index >= 15 is 0 Å². The van der Waals surface area contributed by atoms with E-state index in [1.165, 1.54) is 18.0 Å². The molecule has 0 aliphatic carbocycles. The number of ether oxygens (including phenoxy) is 1. The van der Waals surface area contributed by atoms with E-state index in [4.69, 9.17) is 4.74 Å². The van der Waals surface area contributed by atoms with Crippen LogP contribution in [0.5, 0.6) is 11.5 Å². The van der Waals surface area contributed by atoms with E-state index in [2.05, 4.69) is 9.97 Å². The highest BCUT2D eigenvalue weighted by atomic mass is 32.2. The molecule has 0 bridgehead atoms. The van der Waals surface area contributed by atoms with Crippen molar-refractivity contribution in [1.29, 1.82) is 0 Å². The van der Waals surface area contributed by atoms with Gasteiger partial charge < -0.3 is 9.84 Å². The second kappa shape index (κ2) is 6.58. The third-order valence-corrected chi connectivity index (χ3v) is 3.56. The van der Waals surface area contributed by atoms with Crippen molar-refractivity contribution in [1.82, 2.24) is 9.97 Å². The Morgan fingerprint density at radius 2 is 2.00 bits per heavy atom. The Bertz CT molecular complexity index is 659. The lowest BCUT2D eigenvalue weighted by Gasteiger charge is -2.12. The number of thioether (sulfide) groups is 1. The summed E-state index contributed by atoms with van der Waals surface area (Å²) in [5, 5.41) is 9.30. The van der Waals surface area contributed by atoms with Gasteiger partial charge >= 0.3 is 5.97 Å². The number of aromatic carboxylic acids is 1. The lowest BCUT2D eigenvalue weighted by molar-refractivity contribution is 0.0686. The lowest BCUT2D eigenvalue weighted by Crippen LogP contribution is -2.08. The molecule has 0 amide bonds. The molecule has 21 heavy (non-hydrogen) atoms. The number of carboxylic acids is 1. The minimum absolute atomic E-state index is 0.0515. The standard InChI is InChI=1S/C15H16N2O3S/c1-9(2)14-16-8-11(13(17-14)15(18)19)20-10-6-4-5-7-12(10)21-3/h4-9H,1-3H3,(H,18,19). The molecule has 6 heteroatoms. The molecule has 5 nitrogen and oxygen atoms in total. The van der Waals surface area contributed by atoms with Crippen LogP contribution in [0.15, 0.2) is 35.4 Å². The molecular weight excluding hydrogens is 288 g/mol. The van der Waals surface area contributed by atoms with Crippen LogP contribution in [0, 0.1) is 0 Å². The van der Waals surface area contributed by atoms with Crippen molar-refractivity contribution in [3.8, 4) is 11.5 Å². The van der Waals surface area contributed by atoms with Crippen LogP contribution >= 0.6 is 11.8 Å². The fourth-order valence-electron chi connectivity index (χ4n) is 1.71. The molecule has 0 radical (unpaired) electrons. The van der Waals surface area contributed by atoms with Gasteiger partial charge in [0, 0.05) is 10.8 Å². The van der Waals surface area contributed by atoms with E-state index in [1.807, 2.05) is 38.3 Å². The Labute approximate surface area is 127 Å². The van der Waals surface area contributed by atoms with Gasteiger partial charge in [0.2, 0.25) is 0 Å². The maximum atomic E-state index is 11.4. The van der Waals surface area contributed by atoms with Gasteiger partial charge in [0.05, 0.1) is 6.20 Å². The van der Waals surface area contributed by atoms with Crippen LogP contribution in [0.25, 0.3) is 0 Å². The maximum absolute atomic E-state index is 11.4. The van der Waals surface area contributed by atoms with Crippen LogP contribution < -0.4 is 4.74 Å². The van der Waals surface area contributed by atoms with Gasteiger partial charge in [-0.15, -0.1) is 11.8 Å². The zero-order valence-corrected chi connectivity index (χ0v) is 12.8. The van der Waals surface area contributed by atoms with Crippen molar-refractivity contribution < 1.29 is 14.6 Å². The van der Waals surface area contributed by atoms with Gasteiger partial charge in [-0.25, -0.2) is 14.8 Å². The normalized spacial score (nSPS) is 10.7. The molecule has 1 aromatic carbocycles. The topological polar surface area (TPSA) is 72.3 Å². The van der Waals surface area contributed by atoms with Crippen molar-refractivity contribution in [3.05, 3.63) is 42.0 Å². The molecule has 0 unspecified atom stereocenters. The van der Waals surface area contributed by atoms with E-state index < -0.39 is 5.97 Å². The van der Waals surface area contributed by atoms with Crippen LogP contribution in [-0.4, -0.2) is 27.3 Å². The minimum Gasteiger partial charge on any atom is -0.476 e. The Morgan fingerprint density at radius 3 is 2.62 bits per heavy atom. The Hall–Kier alpha value is -2.08. The summed E-state index contributed by atoms with van der Waals surface area (Å²) in [5.41, 5.74) is -0.121. The molecule has 2 aromatic rings. The van der Waals surface area contributed by atoms with Gasteiger partial charge in [-0.2, -0.15) is 0 Å². The number of hydrogen-bond donors (Lipinski definition) is 1. The number of rotatable bonds is 5. The number of nitrogens with zero attached hydrogens (tertiary/aromatic N) is 2. The van der Waals surface area contributed by atoms with Crippen LogP contribution in [0.2, 0.25) is 0 Å². The summed E-state index contributed by atoms with van der Waals surface area (Å²) in [4.78, 5) is 20.5. The van der Waals surface area contributed by atoms with E-state index in [0.29, 0.717) is 11.6 Å². The summed E-state index contributed by atoms with van der Waals surface area (Å²) >= 11 is 1.52. The lowest BCUT2D eigenvalue weighted by atomic mass is 10.2. The number of aromatic nitrogens is 2. The third-order valence-electron chi connectivity index (χ3n) is 2.78. The second-order valence-corrected chi connectivity index (χ2v) is 5.50. The molecule has 1 aromatic heterocycles. The van der Waals surface area contributed by atoms with Gasteiger partial charge in [-0.05, 0) is 18.4 Å². The van der Waals surface area contributed by atoms with Gasteiger partial charge in [0.15, 0.2) is 11.4 Å². The average molecular weight is 304 g/mol. The van der Waals surface area contributed by atoms with Crippen molar-refractivity contribution in [2.75, 3.05) is 6.26 Å². The molecule has 0 saturated carbocycles. The summed E-state index contributed by atoms with van der Waals surface area (Å²) in [6.45, 7) is 3.81. The monoisotopic (exact) mass is 304 g/mol. The highest BCUT2D eigenvalue weighted by molar-refractivity contribution is 7.98. The molecule has 0 aliphatic heterocycles. The number of para-hydroxylation sites is 1. The third kappa shape index (κ3) is 3.52. The Balaban J connectivity index is 2.42. The molecule has 0 spiro atoms. The quantitative estimate of drug-likeness (QED) is 0.847. The predicted octanol–water partition coefficient (Wildman–Crippen LogP) is 3.81. The molecule has 1 heterocycles. The van der Waals surface area contributed by atoms with Crippen molar-refractivity contribution >= 4 is 17.7 Å². The Morgan fingerprint density at radius 1 is 1.29 bits per heavy atom. The molecular formula is C15H16N2O3S. The van der Waals surface area contributed by atoms with Crippen molar-refractivity contribution in [2.24, 2.45) is 0 Å². The van der Waals surface area contributed by atoms with Gasteiger partial charge in [-0.3, -0.25) is 0 Å². The highest BCUT2D eigenvalue weighted by Gasteiger charge is 2.18. The fourth-order valence-corrected chi connectivity index (χ4v) is 2.24. The van der Waals surface area contributed by atoms with E-state index in [-0.39, 0.29) is 17.4 Å². The molecule has 110 valence electrons. The van der Waals surface area contributed by atoms with Crippen molar-refractivity contribution in [3.63, 3.8) is 0 Å². The average Bonchev–Trinajstić information content (AvgIpc) is 2.47. The highest BCUT2D eigenvalue weighted by Crippen LogP contribution is 2.32. The van der Waals surface area contributed by atoms with E-state index in [1.54, 1.807) is 6.07 Å². The van der Waals surface area contributed by atoms with Crippen LogP contribution in [0.3, 0.4) is 0 Å². The Kier molecular flexibility index (Phi) is 4.80. The summed E-state index contributed by atoms with van der Waals surface area (Å²) in [6, 6.07) is 7.42. The number of benzene rings is 1. The number of hydrogen-bond acceptors (Lipinski definition) is 5. The molecule has 2 rings (SSSR count). The van der Waals surface area contributed by atoms with E-state index in [9.17, 15) is 9.90 Å². The molecule has 0 aliphatic rings. The number of carbonyl (C=O) groups is 1. The first kappa shape index (κ1) is 15.3. The second-order valence-electron chi connectivity index (χ2n) is 4.65. The largest absolute Gasteiger partial charge is 0.476 e. The SMILES string of the molecule is CSc1ccccc1Oc1cnc(C(C)C)nc1C(=O)O. The molecule has 0 atom stereocenters. The number of carboxylic acid groups (broad SMARTS) is 1. The van der Waals surface area contributed by atoms with Crippen molar-refractivity contribution in [2.45, 2.75) is 24.7 Å². The summed E-state index contributed by atoms with van der Waals surface area (Å²) < 4.78 is 5.70. The van der Waals surface area contributed by atoms with Gasteiger partial charge in [-0.1, -0.05) is 26.0 Å². The maximum Gasteiger partial charge on any atom is 0.358 e. The first-order valence-electron chi connectivity index (χ1n) is 6.44. The first-order valence-corrected chi connectivity index (χ1v) is 7.66. The summed E-state index contributed by atoms with van der Waals surface area (Å²) in [7, 11) is 0. The van der Waals surface area contributed by atoms with Crippen LogP contribution in [0.4, 0.5) is 0 Å². The molecule has 1 N–H and O–H groups in total. The van der Waals surface area contributed by atoms with Gasteiger partial charge in [0.25, 0.3) is 0 Å². The zero-order chi connectivity index (χ0) is 15.4.